The van der Waals surface area contributed by atoms with Crippen molar-refractivity contribution >= 4 is 11.9 Å². The van der Waals surface area contributed by atoms with Crippen LogP contribution < -0.4 is 26.0 Å². The second-order valence-electron chi connectivity index (χ2n) is 8.19. The van der Waals surface area contributed by atoms with Crippen LogP contribution in [-0.4, -0.2) is 61.8 Å². The number of benzene rings is 1. The molecule has 1 aromatic heterocycles. The number of rotatable bonds is 6. The number of nitrogens with one attached hydrogen (secondary N) is 1. The maximum atomic E-state index is 12.2. The highest BCUT2D eigenvalue weighted by atomic mass is 16.6. The molecule has 1 aliphatic heterocycles. The van der Waals surface area contributed by atoms with Crippen LogP contribution in [0, 0.1) is 0 Å². The molecule has 0 radical (unpaired) electrons. The van der Waals surface area contributed by atoms with E-state index in [9.17, 15) is 19.2 Å². The molecule has 1 unspecified atom stereocenters. The van der Waals surface area contributed by atoms with Crippen molar-refractivity contribution in [2.24, 2.45) is 7.05 Å². The molecule has 0 amide bonds. The maximum absolute atomic E-state index is 12.2. The van der Waals surface area contributed by atoms with Crippen molar-refractivity contribution in [1.82, 2.24) is 19.7 Å². The van der Waals surface area contributed by atoms with Crippen molar-refractivity contribution in [3.8, 4) is 11.5 Å². The summed E-state index contributed by atoms with van der Waals surface area (Å²) in [6, 6.07) is 8.13. The fraction of sp³-hybridized carbons (Fsp3) is 0.458. The Labute approximate surface area is 207 Å². The molecule has 1 saturated carbocycles. The zero-order valence-corrected chi connectivity index (χ0v) is 19.2. The smallest absolute Gasteiger partial charge is 0.347 e. The first-order valence-electron chi connectivity index (χ1n) is 11.1. The summed E-state index contributed by atoms with van der Waals surface area (Å²) in [5.74, 6) is -0.927. The molecule has 2 aromatic rings. The lowest BCUT2D eigenvalue weighted by atomic mass is 9.91. The molecule has 0 spiro atoms. The van der Waals surface area contributed by atoms with Crippen LogP contribution in [0.5, 0.6) is 11.5 Å². The lowest BCUT2D eigenvalue weighted by Gasteiger charge is -2.32. The lowest BCUT2D eigenvalue weighted by Crippen LogP contribution is -2.45. The van der Waals surface area contributed by atoms with Gasteiger partial charge in [-0.25, -0.2) is 19.1 Å². The van der Waals surface area contributed by atoms with Crippen molar-refractivity contribution in [3.63, 3.8) is 0 Å². The Hall–Kier alpha value is -3.93. The fourth-order valence-electron chi connectivity index (χ4n) is 3.87. The monoisotopic (exact) mass is 504 g/mol. The van der Waals surface area contributed by atoms with E-state index in [1.807, 2.05) is 24.3 Å². The maximum Gasteiger partial charge on any atom is 0.347 e. The minimum absolute atomic E-state index is 0. The SMILES string of the molecule is C.Cn1c(=O)cnn(C2CCC(NCC3COc4ccccc4O3)CC2)c1=O.O=C(O)/C=C/C(=O)O. The first kappa shape index (κ1) is 28.3. The number of para-hydroxylation sites is 2. The van der Waals surface area contributed by atoms with E-state index in [0.717, 1.165) is 48.3 Å². The van der Waals surface area contributed by atoms with Gasteiger partial charge in [-0.1, -0.05) is 19.6 Å². The third-order valence-corrected chi connectivity index (χ3v) is 5.72. The summed E-state index contributed by atoms with van der Waals surface area (Å²) in [7, 11) is 1.49. The molecule has 1 fully saturated rings. The van der Waals surface area contributed by atoms with E-state index in [1.54, 1.807) is 0 Å². The molecule has 0 saturated heterocycles. The average Bonchev–Trinajstić information content (AvgIpc) is 2.85. The van der Waals surface area contributed by atoms with Gasteiger partial charge in [0.1, 0.15) is 18.9 Å². The fourth-order valence-corrected chi connectivity index (χ4v) is 3.87. The minimum atomic E-state index is -1.26. The molecule has 1 aliphatic carbocycles. The third kappa shape index (κ3) is 7.80. The average molecular weight is 505 g/mol. The molecule has 4 rings (SSSR count). The van der Waals surface area contributed by atoms with Gasteiger partial charge in [-0.3, -0.25) is 9.36 Å². The lowest BCUT2D eigenvalue weighted by molar-refractivity contribution is -0.134. The number of fused-ring (bicyclic) bond motifs is 1. The van der Waals surface area contributed by atoms with Gasteiger partial charge in [0.05, 0.1) is 6.04 Å². The summed E-state index contributed by atoms with van der Waals surface area (Å²) < 4.78 is 14.3. The minimum Gasteiger partial charge on any atom is -0.486 e. The molecular formula is C24H32N4O8. The van der Waals surface area contributed by atoms with Crippen LogP contribution in [0.25, 0.3) is 0 Å². The van der Waals surface area contributed by atoms with E-state index in [4.69, 9.17) is 19.7 Å². The zero-order chi connectivity index (χ0) is 25.4. The van der Waals surface area contributed by atoms with Gasteiger partial charge in [0.15, 0.2) is 11.5 Å². The number of nitrogens with zero attached hydrogens (tertiary/aromatic N) is 3. The number of aromatic nitrogens is 3. The molecular weight excluding hydrogens is 472 g/mol. The number of ether oxygens (including phenoxy) is 2. The van der Waals surface area contributed by atoms with Crippen LogP contribution in [0.2, 0.25) is 0 Å². The summed E-state index contributed by atoms with van der Waals surface area (Å²) in [4.78, 5) is 42.8. The van der Waals surface area contributed by atoms with Crippen LogP contribution in [0.15, 0.2) is 52.2 Å². The zero-order valence-electron chi connectivity index (χ0n) is 19.2. The normalized spacial score (nSPS) is 20.5. The standard InChI is InChI=1S/C19H24N4O4.C4H4O4.CH4/c1-22-18(24)11-21-23(19(22)25)14-8-6-13(7-9-14)20-10-15-12-26-16-4-2-3-5-17(16)27-15;5-3(6)1-2-4(7)8;/h2-5,11,13-15,20H,6-10,12H2,1H3;1-2H,(H,5,6)(H,7,8);1H4/b;2-1+;. The molecule has 2 aliphatic rings. The highest BCUT2D eigenvalue weighted by molar-refractivity contribution is 5.89. The Balaban J connectivity index is 0.000000442. The van der Waals surface area contributed by atoms with Gasteiger partial charge in [0.2, 0.25) is 0 Å². The molecule has 0 bridgehead atoms. The Morgan fingerprint density at radius 2 is 1.69 bits per heavy atom. The summed E-state index contributed by atoms with van der Waals surface area (Å²) in [6.45, 7) is 1.26. The Kier molecular flexibility index (Phi) is 10.4. The van der Waals surface area contributed by atoms with E-state index >= 15 is 0 Å². The number of aliphatic carboxylic acids is 2. The van der Waals surface area contributed by atoms with Crippen LogP contribution in [0.3, 0.4) is 0 Å². The van der Waals surface area contributed by atoms with Crippen LogP contribution in [-0.2, 0) is 16.6 Å². The van der Waals surface area contributed by atoms with Gasteiger partial charge < -0.3 is 25.0 Å². The number of hydrogen-bond acceptors (Lipinski definition) is 8. The van der Waals surface area contributed by atoms with Gasteiger partial charge in [-0.15, -0.1) is 0 Å². The Morgan fingerprint density at radius 1 is 1.08 bits per heavy atom. The molecule has 196 valence electrons. The summed E-state index contributed by atoms with van der Waals surface area (Å²) in [5.41, 5.74) is -0.715. The van der Waals surface area contributed by atoms with E-state index in [1.165, 1.54) is 17.9 Å². The topological polar surface area (TPSA) is 162 Å². The molecule has 1 atom stereocenters. The highest BCUT2D eigenvalue weighted by Crippen LogP contribution is 2.31. The number of carbonyl (C=O) groups is 2. The molecule has 2 heterocycles. The Morgan fingerprint density at radius 3 is 2.31 bits per heavy atom. The van der Waals surface area contributed by atoms with Gasteiger partial charge >= 0.3 is 17.6 Å². The van der Waals surface area contributed by atoms with Gasteiger partial charge in [-0.2, -0.15) is 5.10 Å². The van der Waals surface area contributed by atoms with Crippen LogP contribution >= 0.6 is 0 Å². The van der Waals surface area contributed by atoms with Crippen molar-refractivity contribution in [3.05, 3.63) is 63.5 Å². The Bertz CT molecular complexity index is 1170. The van der Waals surface area contributed by atoms with Crippen molar-refractivity contribution < 1.29 is 29.3 Å². The van der Waals surface area contributed by atoms with Gasteiger partial charge in [0.25, 0.3) is 5.56 Å². The van der Waals surface area contributed by atoms with E-state index < -0.39 is 11.9 Å². The first-order valence-corrected chi connectivity index (χ1v) is 11.1. The van der Waals surface area contributed by atoms with E-state index in [2.05, 4.69) is 10.4 Å². The van der Waals surface area contributed by atoms with Gasteiger partial charge in [-0.05, 0) is 37.8 Å². The predicted octanol–water partition coefficient (Wildman–Crippen LogP) is 1.20. The summed E-state index contributed by atoms with van der Waals surface area (Å²) >= 11 is 0. The molecule has 12 nitrogen and oxygen atoms in total. The van der Waals surface area contributed by atoms with Crippen LogP contribution in [0.4, 0.5) is 0 Å². The van der Waals surface area contributed by atoms with Gasteiger partial charge in [0, 0.05) is 31.8 Å². The number of carboxylic acid groups (broad SMARTS) is 2. The van der Waals surface area contributed by atoms with E-state index in [-0.39, 0.29) is 30.8 Å². The summed E-state index contributed by atoms with van der Waals surface area (Å²) in [5, 5.41) is 23.2. The van der Waals surface area contributed by atoms with Crippen LogP contribution in [0.1, 0.15) is 39.2 Å². The predicted molar refractivity (Wildman–Crippen MR) is 131 cm³/mol. The summed E-state index contributed by atoms with van der Waals surface area (Å²) in [6.07, 6.45) is 5.93. The van der Waals surface area contributed by atoms with Crippen molar-refractivity contribution in [2.45, 2.75) is 51.3 Å². The number of hydrogen-bond donors (Lipinski definition) is 3. The highest BCUT2D eigenvalue weighted by Gasteiger charge is 2.26. The third-order valence-electron chi connectivity index (χ3n) is 5.72. The largest absolute Gasteiger partial charge is 0.486 e. The van der Waals surface area contributed by atoms with E-state index in [0.29, 0.717) is 24.8 Å². The second-order valence-corrected chi connectivity index (χ2v) is 8.19. The molecule has 12 heteroatoms. The quantitative estimate of drug-likeness (QED) is 0.487. The molecule has 1 aromatic carbocycles. The first-order chi connectivity index (χ1) is 16.7. The molecule has 3 N–H and O–H groups in total. The molecule has 36 heavy (non-hydrogen) atoms. The van der Waals surface area contributed by atoms with Crippen molar-refractivity contribution in [2.75, 3.05) is 13.2 Å². The second kappa shape index (κ2) is 13.2. The number of carboxylic acids is 2. The van der Waals surface area contributed by atoms with Crippen molar-refractivity contribution in [1.29, 1.82) is 0 Å².